The van der Waals surface area contributed by atoms with Crippen LogP contribution in [0.2, 0.25) is 0 Å². The third-order valence-electron chi connectivity index (χ3n) is 4.24. The second-order valence-corrected chi connectivity index (χ2v) is 6.76. The average Bonchev–Trinajstić information content (AvgIpc) is 2.59. The first kappa shape index (κ1) is 18.5. The van der Waals surface area contributed by atoms with E-state index >= 15 is 0 Å². The highest BCUT2D eigenvalue weighted by atomic mass is 32.2. The molecule has 0 aliphatic heterocycles. The second-order valence-electron chi connectivity index (χ2n) is 5.89. The van der Waals surface area contributed by atoms with Gasteiger partial charge in [0.05, 0.1) is 18.8 Å². The summed E-state index contributed by atoms with van der Waals surface area (Å²) >= 11 is 1.51. The van der Waals surface area contributed by atoms with Crippen molar-refractivity contribution in [2.75, 3.05) is 19.9 Å². The maximum Gasteiger partial charge on any atom is 0.309 e. The molecule has 2 unspecified atom stereocenters. The molecule has 1 aromatic rings. The van der Waals surface area contributed by atoms with Gasteiger partial charge in [-0.3, -0.25) is 14.4 Å². The topological polar surface area (TPSA) is 101 Å². The quantitative estimate of drug-likeness (QED) is 0.749. The van der Waals surface area contributed by atoms with Crippen LogP contribution in [0.1, 0.15) is 42.0 Å². The lowest BCUT2D eigenvalue weighted by Crippen LogP contribution is -2.38. The summed E-state index contributed by atoms with van der Waals surface area (Å²) in [4.78, 5) is 42.6. The van der Waals surface area contributed by atoms with Gasteiger partial charge < -0.3 is 15.0 Å². The van der Waals surface area contributed by atoms with Crippen LogP contribution in [-0.4, -0.2) is 41.8 Å². The number of H-pyrrole nitrogens is 1. The molecular formula is C16H23N3O4S. The Morgan fingerprint density at radius 2 is 2.17 bits per heavy atom. The van der Waals surface area contributed by atoms with Gasteiger partial charge in [-0.2, -0.15) is 11.8 Å². The molecule has 2 N–H and O–H groups in total. The van der Waals surface area contributed by atoms with Crippen molar-refractivity contribution in [1.29, 1.82) is 0 Å². The Morgan fingerprint density at radius 3 is 2.88 bits per heavy atom. The van der Waals surface area contributed by atoms with Crippen LogP contribution >= 0.6 is 11.8 Å². The van der Waals surface area contributed by atoms with Gasteiger partial charge in [0.15, 0.2) is 0 Å². The van der Waals surface area contributed by atoms with Gasteiger partial charge in [0.2, 0.25) is 0 Å². The number of aromatic amines is 1. The number of rotatable bonds is 6. The first-order valence-corrected chi connectivity index (χ1v) is 9.39. The summed E-state index contributed by atoms with van der Waals surface area (Å²) < 4.78 is 4.86. The zero-order chi connectivity index (χ0) is 17.5. The molecular weight excluding hydrogens is 330 g/mol. The average molecular weight is 353 g/mol. The number of ether oxygens (including phenoxy) is 1. The highest BCUT2D eigenvalue weighted by Crippen LogP contribution is 2.30. The number of nitrogens with zero attached hydrogens (tertiary/aromatic N) is 1. The SMILES string of the molecule is COC(=O)C1CCCCC1CNC(=O)c1cc(=O)[nH]c(CSC)n1. The number of thioether (sulfide) groups is 1. The van der Waals surface area contributed by atoms with Crippen LogP contribution < -0.4 is 10.9 Å². The third-order valence-corrected chi connectivity index (χ3v) is 4.80. The predicted octanol–water partition coefficient (Wildman–Crippen LogP) is 1.34. The van der Waals surface area contributed by atoms with Crippen molar-refractivity contribution < 1.29 is 14.3 Å². The molecule has 1 fully saturated rings. The van der Waals surface area contributed by atoms with Gasteiger partial charge >= 0.3 is 5.97 Å². The summed E-state index contributed by atoms with van der Waals surface area (Å²) in [5.41, 5.74) is -0.238. The minimum absolute atomic E-state index is 0.0582. The molecule has 2 atom stereocenters. The Hall–Kier alpha value is -1.83. The van der Waals surface area contributed by atoms with Crippen LogP contribution in [0.25, 0.3) is 0 Å². The van der Waals surface area contributed by atoms with Crippen LogP contribution in [-0.2, 0) is 15.3 Å². The van der Waals surface area contributed by atoms with Crippen LogP contribution in [0.5, 0.6) is 0 Å². The highest BCUT2D eigenvalue weighted by Gasteiger charge is 2.31. The molecule has 0 radical (unpaired) electrons. The Balaban J connectivity index is 2.01. The van der Waals surface area contributed by atoms with Crippen molar-refractivity contribution in [3.63, 3.8) is 0 Å². The Morgan fingerprint density at radius 1 is 1.42 bits per heavy atom. The molecule has 0 aromatic carbocycles. The minimum atomic E-state index is -0.391. The van der Waals surface area contributed by atoms with Crippen molar-refractivity contribution in [3.8, 4) is 0 Å². The molecule has 0 bridgehead atoms. The van der Waals surface area contributed by atoms with Gasteiger partial charge in [0.1, 0.15) is 11.5 Å². The van der Waals surface area contributed by atoms with Crippen LogP contribution in [0.3, 0.4) is 0 Å². The summed E-state index contributed by atoms with van der Waals surface area (Å²) in [6, 6.07) is 1.19. The van der Waals surface area contributed by atoms with E-state index in [2.05, 4.69) is 15.3 Å². The van der Waals surface area contributed by atoms with Crippen LogP contribution in [0.15, 0.2) is 10.9 Å². The van der Waals surface area contributed by atoms with Gasteiger partial charge in [-0.05, 0) is 25.0 Å². The van der Waals surface area contributed by atoms with E-state index in [0.717, 1.165) is 25.7 Å². The fourth-order valence-electron chi connectivity index (χ4n) is 3.06. The number of amides is 1. The molecule has 0 saturated heterocycles. The Kier molecular flexibility index (Phi) is 6.84. The number of hydrogen-bond donors (Lipinski definition) is 2. The van der Waals surface area contributed by atoms with Crippen LogP contribution in [0, 0.1) is 11.8 Å². The van der Waals surface area contributed by atoms with E-state index in [1.54, 1.807) is 0 Å². The third kappa shape index (κ3) is 4.83. The first-order chi connectivity index (χ1) is 11.5. The smallest absolute Gasteiger partial charge is 0.309 e. The van der Waals surface area contributed by atoms with E-state index in [1.165, 1.54) is 24.9 Å². The number of carbonyl (C=O) groups is 2. The van der Waals surface area contributed by atoms with Gasteiger partial charge in [0, 0.05) is 12.6 Å². The summed E-state index contributed by atoms with van der Waals surface area (Å²) in [5.74, 6) is 0.281. The summed E-state index contributed by atoms with van der Waals surface area (Å²) in [7, 11) is 1.39. The molecule has 1 aliphatic carbocycles. The summed E-state index contributed by atoms with van der Waals surface area (Å²) in [6.45, 7) is 0.380. The van der Waals surface area contributed by atoms with Gasteiger partial charge in [-0.1, -0.05) is 12.8 Å². The molecule has 132 valence electrons. The standard InChI is InChI=1S/C16H23N3O4S/c1-23-16(22)11-6-4-3-5-10(11)8-17-15(21)12-7-14(20)19-13(18-12)9-24-2/h7,10-11H,3-6,8-9H2,1-2H3,(H,17,21)(H,18,19,20). The van der Waals surface area contributed by atoms with Crippen LogP contribution in [0.4, 0.5) is 0 Å². The molecule has 2 rings (SSSR count). The number of esters is 1. The lowest BCUT2D eigenvalue weighted by Gasteiger charge is -2.29. The molecule has 1 amide bonds. The number of nitrogens with one attached hydrogen (secondary N) is 2. The van der Waals surface area contributed by atoms with Crippen molar-refractivity contribution in [3.05, 3.63) is 27.9 Å². The van der Waals surface area contributed by atoms with Gasteiger partial charge in [-0.15, -0.1) is 0 Å². The van der Waals surface area contributed by atoms with E-state index in [9.17, 15) is 14.4 Å². The first-order valence-electron chi connectivity index (χ1n) is 8.00. The summed E-state index contributed by atoms with van der Waals surface area (Å²) in [5, 5.41) is 2.81. The van der Waals surface area contributed by atoms with E-state index in [-0.39, 0.29) is 29.1 Å². The van der Waals surface area contributed by atoms with Gasteiger partial charge in [-0.25, -0.2) is 4.98 Å². The molecule has 7 nitrogen and oxygen atoms in total. The molecule has 24 heavy (non-hydrogen) atoms. The molecule has 1 aliphatic rings. The minimum Gasteiger partial charge on any atom is -0.469 e. The molecule has 1 saturated carbocycles. The number of methoxy groups -OCH3 is 1. The van der Waals surface area contributed by atoms with E-state index < -0.39 is 5.91 Å². The lowest BCUT2D eigenvalue weighted by atomic mass is 9.79. The molecule has 1 heterocycles. The fourth-order valence-corrected chi connectivity index (χ4v) is 3.47. The normalized spacial score (nSPS) is 20.4. The van der Waals surface area contributed by atoms with E-state index in [1.807, 2.05) is 6.26 Å². The molecule has 8 heteroatoms. The zero-order valence-electron chi connectivity index (χ0n) is 14.0. The largest absolute Gasteiger partial charge is 0.469 e. The lowest BCUT2D eigenvalue weighted by molar-refractivity contribution is -0.148. The highest BCUT2D eigenvalue weighted by molar-refractivity contribution is 7.97. The predicted molar refractivity (Wildman–Crippen MR) is 91.9 cm³/mol. The van der Waals surface area contributed by atoms with Gasteiger partial charge in [0.25, 0.3) is 11.5 Å². The molecule has 0 spiro atoms. The number of carbonyl (C=O) groups excluding carboxylic acids is 2. The monoisotopic (exact) mass is 353 g/mol. The van der Waals surface area contributed by atoms with Crippen molar-refractivity contribution in [1.82, 2.24) is 15.3 Å². The van der Waals surface area contributed by atoms with Crippen molar-refractivity contribution >= 4 is 23.6 Å². The van der Waals surface area contributed by atoms with Crippen molar-refractivity contribution in [2.24, 2.45) is 11.8 Å². The molecule has 1 aromatic heterocycles. The Labute approximate surface area is 145 Å². The van der Waals surface area contributed by atoms with E-state index in [0.29, 0.717) is 18.1 Å². The number of aromatic nitrogens is 2. The zero-order valence-corrected chi connectivity index (χ0v) is 14.8. The second kappa shape index (κ2) is 8.86. The number of hydrogen-bond acceptors (Lipinski definition) is 6. The van der Waals surface area contributed by atoms with E-state index in [4.69, 9.17) is 4.74 Å². The maximum absolute atomic E-state index is 12.3. The fraction of sp³-hybridized carbons (Fsp3) is 0.625. The Bertz CT molecular complexity index is 646. The summed E-state index contributed by atoms with van der Waals surface area (Å²) in [6.07, 6.45) is 5.59. The van der Waals surface area contributed by atoms with Crippen molar-refractivity contribution in [2.45, 2.75) is 31.4 Å². The maximum atomic E-state index is 12.3.